The topological polar surface area (TPSA) is 72.2 Å². The minimum atomic E-state index is -0.347. The average Bonchev–Trinajstić information content (AvgIpc) is 3.07. The summed E-state index contributed by atoms with van der Waals surface area (Å²) in [5.41, 5.74) is 4.56. The largest absolute Gasteiger partial charge is 0.325 e. The molecule has 142 valence electrons. The normalized spacial score (nSPS) is 12.4. The number of carbonyl (C=O) groups is 1. The molecular weight excluding hydrogens is 370 g/mol. The van der Waals surface area contributed by atoms with E-state index in [1.807, 2.05) is 70.2 Å². The van der Waals surface area contributed by atoms with Crippen molar-refractivity contribution in [3.63, 3.8) is 0 Å². The molecule has 0 saturated heterocycles. The van der Waals surface area contributed by atoms with Gasteiger partial charge in [0.1, 0.15) is 5.82 Å². The number of amides is 1. The van der Waals surface area contributed by atoms with Gasteiger partial charge in [-0.05, 0) is 51.0 Å². The second-order valence-electron chi connectivity index (χ2n) is 6.82. The monoisotopic (exact) mass is 391 g/mol. The van der Waals surface area contributed by atoms with Crippen LogP contribution in [-0.4, -0.2) is 30.7 Å². The van der Waals surface area contributed by atoms with Gasteiger partial charge >= 0.3 is 0 Å². The molecule has 6 nitrogen and oxygen atoms in total. The minimum Gasteiger partial charge on any atom is -0.325 e. The van der Waals surface area contributed by atoms with Gasteiger partial charge in [-0.15, -0.1) is 5.10 Å². The molecule has 0 aliphatic rings. The van der Waals surface area contributed by atoms with E-state index in [1.54, 1.807) is 4.52 Å². The molecule has 0 spiro atoms. The maximum Gasteiger partial charge on any atom is 0.237 e. The van der Waals surface area contributed by atoms with Gasteiger partial charge in [0.25, 0.3) is 0 Å². The number of nitrogens with zero attached hydrogens (tertiary/aromatic N) is 4. The van der Waals surface area contributed by atoms with E-state index in [0.717, 1.165) is 33.4 Å². The van der Waals surface area contributed by atoms with Gasteiger partial charge in [-0.1, -0.05) is 42.1 Å². The number of benzene rings is 2. The van der Waals surface area contributed by atoms with Crippen LogP contribution in [0.15, 0.2) is 47.6 Å². The molecule has 0 saturated carbocycles. The lowest BCUT2D eigenvalue weighted by molar-refractivity contribution is -0.115. The quantitative estimate of drug-likeness (QED) is 0.414. The zero-order valence-corrected chi connectivity index (χ0v) is 17.0. The molecule has 0 radical (unpaired) electrons. The summed E-state index contributed by atoms with van der Waals surface area (Å²) >= 11 is 1.38. The highest BCUT2D eigenvalue weighted by molar-refractivity contribution is 8.00. The second kappa shape index (κ2) is 7.24. The summed E-state index contributed by atoms with van der Waals surface area (Å²) in [5, 5.41) is 8.78. The Morgan fingerprint density at radius 2 is 1.75 bits per heavy atom. The van der Waals surface area contributed by atoms with Crippen LogP contribution < -0.4 is 5.32 Å². The Morgan fingerprint density at radius 3 is 2.50 bits per heavy atom. The standard InChI is InChI=1S/C21H21N5OS/c1-12-8-7-9-13(2)18(12)24-20(27)14(3)28-21-23-17-11-6-5-10-16(17)19-22-15(4)25-26(19)21/h5-11,14H,1-4H3,(H,24,27)/t14-/m1/s1. The lowest BCUT2D eigenvalue weighted by Gasteiger charge is -2.15. The van der Waals surface area contributed by atoms with Crippen molar-refractivity contribution in [2.45, 2.75) is 38.1 Å². The molecule has 1 amide bonds. The Hall–Kier alpha value is -2.93. The lowest BCUT2D eigenvalue weighted by atomic mass is 10.1. The lowest BCUT2D eigenvalue weighted by Crippen LogP contribution is -2.24. The van der Waals surface area contributed by atoms with Crippen molar-refractivity contribution < 1.29 is 4.79 Å². The van der Waals surface area contributed by atoms with E-state index in [2.05, 4.69) is 15.4 Å². The van der Waals surface area contributed by atoms with Crippen molar-refractivity contribution in [2.24, 2.45) is 0 Å². The first-order chi connectivity index (χ1) is 13.4. The Morgan fingerprint density at radius 1 is 1.04 bits per heavy atom. The molecule has 4 rings (SSSR count). The summed E-state index contributed by atoms with van der Waals surface area (Å²) in [5.74, 6) is 0.606. The Labute approximate surface area is 167 Å². The van der Waals surface area contributed by atoms with Crippen molar-refractivity contribution in [3.8, 4) is 0 Å². The first kappa shape index (κ1) is 18.4. The smallest absolute Gasteiger partial charge is 0.237 e. The third-order valence-corrected chi connectivity index (χ3v) is 5.68. The molecule has 0 unspecified atom stereocenters. The third-order valence-electron chi connectivity index (χ3n) is 4.64. The van der Waals surface area contributed by atoms with E-state index in [9.17, 15) is 4.79 Å². The maximum absolute atomic E-state index is 12.8. The number of anilines is 1. The minimum absolute atomic E-state index is 0.0673. The number of para-hydroxylation sites is 2. The molecule has 0 fully saturated rings. The molecular formula is C21H21N5OS. The van der Waals surface area contributed by atoms with Crippen LogP contribution in [0.2, 0.25) is 0 Å². The number of carbonyl (C=O) groups excluding carboxylic acids is 1. The molecule has 2 aromatic heterocycles. The SMILES string of the molecule is Cc1nc2c3ccccc3nc(S[C@H](C)C(=O)Nc3c(C)cccc3C)n2n1. The third kappa shape index (κ3) is 3.33. The van der Waals surface area contributed by atoms with E-state index < -0.39 is 0 Å². The summed E-state index contributed by atoms with van der Waals surface area (Å²) in [7, 11) is 0. The number of aromatic nitrogens is 4. The highest BCUT2D eigenvalue weighted by atomic mass is 32.2. The van der Waals surface area contributed by atoms with Gasteiger partial charge in [-0.25, -0.2) is 9.97 Å². The predicted octanol–water partition coefficient (Wildman–Crippen LogP) is 4.32. The molecule has 2 heterocycles. The van der Waals surface area contributed by atoms with Crippen molar-refractivity contribution in [2.75, 3.05) is 5.32 Å². The molecule has 0 aliphatic carbocycles. The molecule has 7 heteroatoms. The number of aryl methyl sites for hydroxylation is 3. The van der Waals surface area contributed by atoms with Gasteiger partial charge < -0.3 is 5.32 Å². The maximum atomic E-state index is 12.8. The van der Waals surface area contributed by atoms with Gasteiger partial charge in [0.15, 0.2) is 10.8 Å². The van der Waals surface area contributed by atoms with Gasteiger partial charge in [-0.2, -0.15) is 4.52 Å². The van der Waals surface area contributed by atoms with Crippen LogP contribution in [0.5, 0.6) is 0 Å². The first-order valence-electron chi connectivity index (χ1n) is 9.10. The summed E-state index contributed by atoms with van der Waals surface area (Å²) in [6, 6.07) is 13.8. The average molecular weight is 392 g/mol. The Balaban J connectivity index is 1.66. The van der Waals surface area contributed by atoms with Crippen LogP contribution in [0.4, 0.5) is 5.69 Å². The van der Waals surface area contributed by atoms with Crippen molar-refractivity contribution in [1.82, 2.24) is 19.6 Å². The highest BCUT2D eigenvalue weighted by Crippen LogP contribution is 2.28. The molecule has 0 aliphatic heterocycles. The van der Waals surface area contributed by atoms with Gasteiger partial charge in [0.2, 0.25) is 5.91 Å². The molecule has 4 aromatic rings. The van der Waals surface area contributed by atoms with E-state index in [-0.39, 0.29) is 11.2 Å². The number of hydrogen-bond donors (Lipinski definition) is 1. The second-order valence-corrected chi connectivity index (χ2v) is 8.13. The van der Waals surface area contributed by atoms with Crippen LogP contribution in [0.1, 0.15) is 23.9 Å². The first-order valence-corrected chi connectivity index (χ1v) is 9.98. The summed E-state index contributed by atoms with van der Waals surface area (Å²) in [6.45, 7) is 7.72. The number of rotatable bonds is 4. The highest BCUT2D eigenvalue weighted by Gasteiger charge is 2.20. The van der Waals surface area contributed by atoms with Gasteiger partial charge in [-0.3, -0.25) is 4.79 Å². The van der Waals surface area contributed by atoms with E-state index >= 15 is 0 Å². The van der Waals surface area contributed by atoms with Crippen LogP contribution in [0.3, 0.4) is 0 Å². The van der Waals surface area contributed by atoms with Crippen molar-refractivity contribution in [1.29, 1.82) is 0 Å². The Bertz CT molecular complexity index is 1180. The zero-order valence-electron chi connectivity index (χ0n) is 16.2. The molecule has 28 heavy (non-hydrogen) atoms. The molecule has 0 bridgehead atoms. The number of fused-ring (bicyclic) bond motifs is 3. The number of nitrogens with one attached hydrogen (secondary N) is 1. The van der Waals surface area contributed by atoms with Gasteiger partial charge in [0, 0.05) is 11.1 Å². The predicted molar refractivity (Wildman–Crippen MR) is 113 cm³/mol. The number of hydrogen-bond acceptors (Lipinski definition) is 5. The summed E-state index contributed by atoms with van der Waals surface area (Å²) < 4.78 is 1.73. The molecule has 2 aromatic carbocycles. The van der Waals surface area contributed by atoms with Crippen LogP contribution >= 0.6 is 11.8 Å². The fourth-order valence-electron chi connectivity index (χ4n) is 3.16. The van der Waals surface area contributed by atoms with Crippen molar-refractivity contribution in [3.05, 3.63) is 59.4 Å². The summed E-state index contributed by atoms with van der Waals surface area (Å²) in [6.07, 6.45) is 0. The van der Waals surface area contributed by atoms with Gasteiger partial charge in [0.05, 0.1) is 10.8 Å². The van der Waals surface area contributed by atoms with Crippen LogP contribution in [-0.2, 0) is 4.79 Å². The zero-order chi connectivity index (χ0) is 19.8. The molecule has 1 atom stereocenters. The number of thioether (sulfide) groups is 1. The summed E-state index contributed by atoms with van der Waals surface area (Å²) in [4.78, 5) is 22.1. The fourth-order valence-corrected chi connectivity index (χ4v) is 4.02. The Kier molecular flexibility index (Phi) is 4.77. The van der Waals surface area contributed by atoms with E-state index in [0.29, 0.717) is 11.0 Å². The van der Waals surface area contributed by atoms with Crippen LogP contribution in [0, 0.1) is 20.8 Å². The van der Waals surface area contributed by atoms with E-state index in [1.165, 1.54) is 11.8 Å². The fraction of sp³-hybridized carbons (Fsp3) is 0.238. The van der Waals surface area contributed by atoms with Crippen molar-refractivity contribution >= 4 is 39.9 Å². The molecule has 1 N–H and O–H groups in total. The van der Waals surface area contributed by atoms with Crippen LogP contribution in [0.25, 0.3) is 16.6 Å². The van der Waals surface area contributed by atoms with E-state index in [4.69, 9.17) is 4.98 Å².